The van der Waals surface area contributed by atoms with Crippen LogP contribution < -0.4 is 16.4 Å². The van der Waals surface area contributed by atoms with Crippen LogP contribution in [0.5, 0.6) is 0 Å². The van der Waals surface area contributed by atoms with Gasteiger partial charge < -0.3 is 20.9 Å². The van der Waals surface area contributed by atoms with Crippen molar-refractivity contribution in [3.8, 4) is 0 Å². The first-order chi connectivity index (χ1) is 12.1. The lowest BCUT2D eigenvalue weighted by molar-refractivity contribution is 0.0106. The van der Waals surface area contributed by atoms with Gasteiger partial charge in [-0.15, -0.1) is 0 Å². The van der Waals surface area contributed by atoms with Crippen molar-refractivity contribution >= 4 is 23.1 Å². The van der Waals surface area contributed by atoms with Crippen LogP contribution in [0.1, 0.15) is 44.3 Å². The molecule has 25 heavy (non-hydrogen) atoms. The highest BCUT2D eigenvalue weighted by atomic mass is 16.5. The Bertz CT molecular complexity index is 765. The molecule has 0 atom stereocenters. The van der Waals surface area contributed by atoms with Gasteiger partial charge in [-0.25, -0.2) is 9.97 Å². The van der Waals surface area contributed by atoms with E-state index in [9.17, 15) is 0 Å². The zero-order chi connectivity index (χ0) is 17.0. The molecule has 4 bridgehead atoms. The van der Waals surface area contributed by atoms with Crippen LogP contribution in [0.25, 0.3) is 0 Å². The normalized spacial score (nSPS) is 32.8. The van der Waals surface area contributed by atoms with E-state index < -0.39 is 0 Å². The van der Waals surface area contributed by atoms with E-state index in [1.54, 1.807) is 6.33 Å². The fourth-order valence-corrected chi connectivity index (χ4v) is 5.66. The lowest BCUT2D eigenvalue weighted by atomic mass is 9.53. The molecule has 0 unspecified atom stereocenters. The van der Waals surface area contributed by atoms with Gasteiger partial charge in [0, 0.05) is 11.6 Å². The van der Waals surface area contributed by atoms with Crippen LogP contribution in [0, 0.1) is 24.7 Å². The molecule has 4 fully saturated rings. The Kier molecular flexibility index (Phi) is 3.20. The fraction of sp³-hybridized carbons (Fsp3) is 0.611. The van der Waals surface area contributed by atoms with Gasteiger partial charge in [0.25, 0.3) is 0 Å². The molecule has 0 spiro atoms. The first kappa shape index (κ1) is 15.0. The molecule has 4 N–H and O–H groups in total. The topological polar surface area (TPSA) is 102 Å². The highest BCUT2D eigenvalue weighted by molar-refractivity contribution is 5.77. The van der Waals surface area contributed by atoms with E-state index in [2.05, 4.69) is 25.8 Å². The van der Waals surface area contributed by atoms with Crippen LogP contribution in [0.3, 0.4) is 0 Å². The molecule has 0 aliphatic heterocycles. The first-order valence-corrected chi connectivity index (χ1v) is 9.17. The molecule has 0 amide bonds. The quantitative estimate of drug-likeness (QED) is 0.783. The maximum absolute atomic E-state index is 6.36. The van der Waals surface area contributed by atoms with Crippen molar-refractivity contribution in [3.05, 3.63) is 18.2 Å². The second-order valence-corrected chi connectivity index (χ2v) is 8.26. The Morgan fingerprint density at radius 2 is 1.72 bits per heavy atom. The van der Waals surface area contributed by atoms with Gasteiger partial charge in [0.1, 0.15) is 17.8 Å². The molecule has 132 valence electrons. The van der Waals surface area contributed by atoms with Crippen LogP contribution in [0.4, 0.5) is 23.1 Å². The highest BCUT2D eigenvalue weighted by Gasteiger charge is 2.51. The Balaban J connectivity index is 1.40. The summed E-state index contributed by atoms with van der Waals surface area (Å²) in [6.45, 7) is 1.85. The van der Waals surface area contributed by atoms with Gasteiger partial charge in [-0.2, -0.15) is 0 Å². The van der Waals surface area contributed by atoms with Gasteiger partial charge in [-0.05, 0) is 63.2 Å². The van der Waals surface area contributed by atoms with Crippen molar-refractivity contribution < 1.29 is 4.52 Å². The third-order valence-electron chi connectivity index (χ3n) is 6.18. The summed E-state index contributed by atoms with van der Waals surface area (Å²) in [6, 6.07) is 1.81. The number of hydrogen-bond donors (Lipinski definition) is 3. The maximum Gasteiger partial charge on any atom is 0.175 e. The van der Waals surface area contributed by atoms with Crippen LogP contribution in [0.15, 0.2) is 16.9 Å². The lowest BCUT2D eigenvalue weighted by Gasteiger charge is -2.57. The molecule has 4 aliphatic rings. The molecule has 7 heteroatoms. The summed E-state index contributed by atoms with van der Waals surface area (Å²) >= 11 is 0. The minimum Gasteiger partial charge on any atom is -0.393 e. The smallest absolute Gasteiger partial charge is 0.175 e. The second kappa shape index (κ2) is 5.34. The van der Waals surface area contributed by atoms with Gasteiger partial charge in [-0.3, -0.25) is 0 Å². The van der Waals surface area contributed by atoms with Crippen LogP contribution in [0.2, 0.25) is 0 Å². The summed E-state index contributed by atoms with van der Waals surface area (Å²) in [5.41, 5.74) is 7.07. The summed E-state index contributed by atoms with van der Waals surface area (Å²) in [4.78, 5) is 8.70. The molecule has 2 aromatic heterocycles. The number of nitrogens with one attached hydrogen (secondary N) is 2. The van der Waals surface area contributed by atoms with Gasteiger partial charge in [-0.1, -0.05) is 5.16 Å². The fourth-order valence-electron chi connectivity index (χ4n) is 5.66. The summed E-state index contributed by atoms with van der Waals surface area (Å²) in [7, 11) is 0. The van der Waals surface area contributed by atoms with Crippen LogP contribution >= 0.6 is 0 Å². The van der Waals surface area contributed by atoms with Crippen molar-refractivity contribution in [3.63, 3.8) is 0 Å². The molecule has 2 aromatic rings. The zero-order valence-electron chi connectivity index (χ0n) is 14.5. The van der Waals surface area contributed by atoms with Gasteiger partial charge in [0.2, 0.25) is 0 Å². The molecule has 4 saturated carbocycles. The van der Waals surface area contributed by atoms with Gasteiger partial charge in [0.05, 0.1) is 0 Å². The van der Waals surface area contributed by atoms with Crippen LogP contribution in [-0.4, -0.2) is 20.7 Å². The van der Waals surface area contributed by atoms with E-state index in [0.717, 1.165) is 29.3 Å². The third-order valence-corrected chi connectivity index (χ3v) is 6.18. The number of rotatable bonds is 4. The molecular formula is C18H24N6O. The van der Waals surface area contributed by atoms with Crippen molar-refractivity contribution in [1.82, 2.24) is 15.1 Å². The number of nitrogens with two attached hydrogens (primary N) is 1. The molecule has 2 heterocycles. The average molecular weight is 340 g/mol. The molecular weight excluding hydrogens is 316 g/mol. The predicted molar refractivity (Wildman–Crippen MR) is 95.5 cm³/mol. The van der Waals surface area contributed by atoms with Gasteiger partial charge >= 0.3 is 0 Å². The number of hydrogen-bond acceptors (Lipinski definition) is 7. The number of nitrogen functional groups attached to an aromatic ring is 1. The largest absolute Gasteiger partial charge is 0.393 e. The maximum atomic E-state index is 6.36. The molecule has 0 aromatic carbocycles. The van der Waals surface area contributed by atoms with Crippen molar-refractivity contribution in [2.75, 3.05) is 16.4 Å². The Hall–Kier alpha value is -2.31. The van der Waals surface area contributed by atoms with E-state index in [0.29, 0.717) is 17.3 Å². The first-order valence-electron chi connectivity index (χ1n) is 9.17. The lowest BCUT2D eigenvalue weighted by Crippen LogP contribution is -2.55. The zero-order valence-corrected chi connectivity index (χ0v) is 14.5. The summed E-state index contributed by atoms with van der Waals surface area (Å²) in [5.74, 6) is 5.26. The minimum atomic E-state index is 0.166. The van der Waals surface area contributed by atoms with Crippen molar-refractivity contribution in [2.45, 2.75) is 51.0 Å². The highest BCUT2D eigenvalue weighted by Crippen LogP contribution is 2.56. The monoisotopic (exact) mass is 340 g/mol. The number of anilines is 4. The summed E-state index contributed by atoms with van der Waals surface area (Å²) in [6.07, 6.45) is 9.53. The van der Waals surface area contributed by atoms with E-state index in [1.807, 2.05) is 13.0 Å². The number of nitrogens with zero attached hydrogens (tertiary/aromatic N) is 3. The van der Waals surface area contributed by atoms with E-state index >= 15 is 0 Å². The van der Waals surface area contributed by atoms with Crippen molar-refractivity contribution in [1.29, 1.82) is 0 Å². The molecule has 0 saturated heterocycles. The minimum absolute atomic E-state index is 0.166. The van der Waals surface area contributed by atoms with Gasteiger partial charge in [0.15, 0.2) is 17.5 Å². The van der Waals surface area contributed by atoms with Crippen molar-refractivity contribution in [2.24, 2.45) is 17.8 Å². The molecule has 6 rings (SSSR count). The average Bonchev–Trinajstić information content (AvgIpc) is 2.95. The Morgan fingerprint density at radius 3 is 2.32 bits per heavy atom. The SMILES string of the molecule is Cc1cc(Nc2ncnc(NC34CC5CC(CC(C5)C3)C4)c2N)no1. The molecule has 7 nitrogen and oxygen atoms in total. The molecule has 4 aliphatic carbocycles. The molecule has 0 radical (unpaired) electrons. The predicted octanol–water partition coefficient (Wildman–Crippen LogP) is 3.48. The standard InChI is InChI=1S/C18H24N6O/c1-10-2-14(24-25-10)22-16-15(19)17(21-9-20-16)23-18-6-11-3-12(7-18)5-13(4-11)8-18/h2,9,11-13H,3-8,19H2,1H3,(H2,20,21,22,23,24). The number of aryl methyl sites for hydroxylation is 1. The third kappa shape index (κ3) is 2.62. The summed E-state index contributed by atoms with van der Waals surface area (Å²) < 4.78 is 5.09. The Labute approximate surface area is 146 Å². The van der Waals surface area contributed by atoms with E-state index in [4.69, 9.17) is 10.3 Å². The Morgan fingerprint density at radius 1 is 1.08 bits per heavy atom. The summed E-state index contributed by atoms with van der Waals surface area (Å²) in [5, 5.41) is 10.8. The second-order valence-electron chi connectivity index (χ2n) is 8.26. The van der Waals surface area contributed by atoms with Crippen LogP contribution in [-0.2, 0) is 0 Å². The van der Waals surface area contributed by atoms with E-state index in [1.165, 1.54) is 38.5 Å². The van der Waals surface area contributed by atoms with E-state index in [-0.39, 0.29) is 5.54 Å². The number of aromatic nitrogens is 3.